The molecule has 0 saturated carbocycles. The summed E-state index contributed by atoms with van der Waals surface area (Å²) in [5.74, 6) is 0.242. The van der Waals surface area contributed by atoms with E-state index in [9.17, 15) is 9.59 Å². The van der Waals surface area contributed by atoms with E-state index in [1.165, 1.54) is 0 Å². The van der Waals surface area contributed by atoms with Gasteiger partial charge in [0.2, 0.25) is 11.8 Å². The molecule has 3 aliphatic rings. The van der Waals surface area contributed by atoms with Gasteiger partial charge in [-0.05, 0) is 19.3 Å². The Morgan fingerprint density at radius 1 is 1.25 bits per heavy atom. The van der Waals surface area contributed by atoms with Crippen LogP contribution in [-0.4, -0.2) is 110 Å². The fraction of sp³-hybridized carbons (Fsp3) is 0.882. The first-order valence-electron chi connectivity index (χ1n) is 8.96. The Labute approximate surface area is 144 Å². The zero-order valence-electron chi connectivity index (χ0n) is 15.2. The Hall–Kier alpha value is -1.18. The van der Waals surface area contributed by atoms with Crippen LogP contribution < -0.4 is 0 Å². The van der Waals surface area contributed by atoms with Gasteiger partial charge in [-0.25, -0.2) is 0 Å². The van der Waals surface area contributed by atoms with Gasteiger partial charge in [0.05, 0.1) is 6.54 Å². The number of carbonyl (C=O) groups is 2. The van der Waals surface area contributed by atoms with Crippen LogP contribution in [0.4, 0.5) is 0 Å². The molecule has 0 bridgehead atoms. The third kappa shape index (κ3) is 3.17. The first-order valence-corrected chi connectivity index (χ1v) is 8.96. The second kappa shape index (κ2) is 6.98. The van der Waals surface area contributed by atoms with Crippen LogP contribution in [0.5, 0.6) is 0 Å². The molecule has 7 heteroatoms. The average Bonchev–Trinajstić information content (AvgIpc) is 3.02. The van der Waals surface area contributed by atoms with Gasteiger partial charge in [-0.15, -0.1) is 0 Å². The third-order valence-corrected chi connectivity index (χ3v) is 5.86. The monoisotopic (exact) mass is 338 g/mol. The van der Waals surface area contributed by atoms with Crippen LogP contribution in [0.25, 0.3) is 0 Å². The van der Waals surface area contributed by atoms with Crippen molar-refractivity contribution in [1.82, 2.24) is 19.6 Å². The minimum absolute atomic E-state index is 0.0660. The Morgan fingerprint density at radius 3 is 2.62 bits per heavy atom. The summed E-state index contributed by atoms with van der Waals surface area (Å²) in [5, 5.41) is 0. The Bertz CT molecular complexity index is 492. The van der Waals surface area contributed by atoms with E-state index in [1.807, 2.05) is 11.9 Å². The number of ether oxygens (including phenoxy) is 1. The van der Waals surface area contributed by atoms with Crippen molar-refractivity contribution in [2.24, 2.45) is 0 Å². The minimum Gasteiger partial charge on any atom is -0.381 e. The highest BCUT2D eigenvalue weighted by atomic mass is 16.5. The lowest BCUT2D eigenvalue weighted by atomic mass is 9.91. The van der Waals surface area contributed by atoms with Crippen LogP contribution in [0.15, 0.2) is 0 Å². The molecule has 3 heterocycles. The van der Waals surface area contributed by atoms with Gasteiger partial charge in [0, 0.05) is 66.6 Å². The van der Waals surface area contributed by atoms with Crippen molar-refractivity contribution in [2.75, 3.05) is 67.1 Å². The zero-order valence-corrected chi connectivity index (χ0v) is 15.2. The van der Waals surface area contributed by atoms with Gasteiger partial charge in [-0.2, -0.15) is 0 Å². The summed E-state index contributed by atoms with van der Waals surface area (Å²) in [5.41, 5.74) is -0.531. The molecule has 3 rings (SSSR count). The highest BCUT2D eigenvalue weighted by molar-refractivity contribution is 5.89. The lowest BCUT2D eigenvalue weighted by Crippen LogP contribution is -2.67. The lowest BCUT2D eigenvalue weighted by molar-refractivity contribution is -0.151. The molecule has 0 aromatic carbocycles. The summed E-state index contributed by atoms with van der Waals surface area (Å²) in [6.07, 6.45) is 2.89. The molecule has 0 radical (unpaired) electrons. The van der Waals surface area contributed by atoms with E-state index in [0.29, 0.717) is 19.1 Å². The van der Waals surface area contributed by atoms with Gasteiger partial charge in [0.15, 0.2) is 0 Å². The van der Waals surface area contributed by atoms with Gasteiger partial charge in [0.1, 0.15) is 5.54 Å². The van der Waals surface area contributed by atoms with Crippen molar-refractivity contribution >= 4 is 11.8 Å². The predicted octanol–water partition coefficient (Wildman–Crippen LogP) is -0.528. The first kappa shape index (κ1) is 17.6. The maximum Gasteiger partial charge on any atom is 0.244 e. The maximum absolute atomic E-state index is 13.0. The smallest absolute Gasteiger partial charge is 0.244 e. The highest BCUT2D eigenvalue weighted by Gasteiger charge is 2.53. The predicted molar refractivity (Wildman–Crippen MR) is 90.7 cm³/mol. The molecule has 0 unspecified atom stereocenters. The third-order valence-electron chi connectivity index (χ3n) is 5.86. The number of amides is 2. The second-order valence-electron chi connectivity index (χ2n) is 7.53. The minimum atomic E-state index is -0.531. The molecule has 3 fully saturated rings. The van der Waals surface area contributed by atoms with Crippen molar-refractivity contribution in [2.45, 2.75) is 30.8 Å². The summed E-state index contributed by atoms with van der Waals surface area (Å²) in [7, 11) is 5.43. The molecule has 1 spiro atoms. The molecule has 136 valence electrons. The van der Waals surface area contributed by atoms with E-state index in [2.05, 4.69) is 9.80 Å². The summed E-state index contributed by atoms with van der Waals surface area (Å²) in [6, 6.07) is 0.504. The maximum atomic E-state index is 13.0. The van der Waals surface area contributed by atoms with Gasteiger partial charge in [-0.3, -0.25) is 19.4 Å². The van der Waals surface area contributed by atoms with Crippen LogP contribution in [0.3, 0.4) is 0 Å². The van der Waals surface area contributed by atoms with Gasteiger partial charge < -0.3 is 14.5 Å². The number of hydrogen-bond donors (Lipinski definition) is 0. The molecule has 2 amide bonds. The standard InChI is InChI=1S/C17H30N4O3/c1-18(2)15(22)12-21-9-8-19(3)16(23)17(21)6-7-20(13-17)14-4-10-24-11-5-14/h14H,4-13H2,1-3H3/t17-/m0/s1. The SMILES string of the molecule is CN(C)C(=O)CN1CCN(C)C(=O)[C@@]12CCN(C1CCOCC1)C2. The molecular formula is C17H30N4O3. The molecule has 0 aliphatic carbocycles. The lowest BCUT2D eigenvalue weighted by Gasteiger charge is -2.47. The fourth-order valence-electron chi connectivity index (χ4n) is 4.23. The summed E-state index contributed by atoms with van der Waals surface area (Å²) in [6.45, 7) is 5.07. The van der Waals surface area contributed by atoms with Crippen LogP contribution >= 0.6 is 0 Å². The van der Waals surface area contributed by atoms with Crippen LogP contribution in [0.2, 0.25) is 0 Å². The topological polar surface area (TPSA) is 56.3 Å². The number of piperazine rings is 1. The Balaban J connectivity index is 1.77. The van der Waals surface area contributed by atoms with E-state index >= 15 is 0 Å². The van der Waals surface area contributed by atoms with Crippen molar-refractivity contribution in [3.05, 3.63) is 0 Å². The van der Waals surface area contributed by atoms with Crippen molar-refractivity contribution in [1.29, 1.82) is 0 Å². The fourth-order valence-corrected chi connectivity index (χ4v) is 4.23. The molecular weight excluding hydrogens is 308 g/mol. The highest BCUT2D eigenvalue weighted by Crippen LogP contribution is 2.35. The molecule has 3 aliphatic heterocycles. The first-order chi connectivity index (χ1) is 11.4. The molecule has 0 aromatic heterocycles. The molecule has 3 saturated heterocycles. The number of likely N-dealkylation sites (tertiary alicyclic amines) is 1. The Morgan fingerprint density at radius 2 is 1.96 bits per heavy atom. The number of carbonyl (C=O) groups excluding carboxylic acids is 2. The summed E-state index contributed by atoms with van der Waals surface area (Å²) >= 11 is 0. The van der Waals surface area contributed by atoms with Crippen LogP contribution in [-0.2, 0) is 14.3 Å². The molecule has 0 N–H and O–H groups in total. The van der Waals surface area contributed by atoms with Crippen molar-refractivity contribution in [3.8, 4) is 0 Å². The van der Waals surface area contributed by atoms with Crippen molar-refractivity contribution < 1.29 is 14.3 Å². The van der Waals surface area contributed by atoms with E-state index in [1.54, 1.807) is 19.0 Å². The molecule has 24 heavy (non-hydrogen) atoms. The van der Waals surface area contributed by atoms with Crippen LogP contribution in [0.1, 0.15) is 19.3 Å². The van der Waals surface area contributed by atoms with E-state index < -0.39 is 5.54 Å². The van der Waals surface area contributed by atoms with Gasteiger partial charge in [0.25, 0.3) is 0 Å². The summed E-state index contributed by atoms with van der Waals surface area (Å²) < 4.78 is 5.47. The summed E-state index contributed by atoms with van der Waals surface area (Å²) in [4.78, 5) is 33.3. The normalized spacial score (nSPS) is 30.3. The molecule has 7 nitrogen and oxygen atoms in total. The molecule has 0 aromatic rings. The number of nitrogens with zero attached hydrogens (tertiary/aromatic N) is 4. The van der Waals surface area contributed by atoms with E-state index in [-0.39, 0.29) is 11.8 Å². The second-order valence-corrected chi connectivity index (χ2v) is 7.53. The number of likely N-dealkylation sites (N-methyl/N-ethyl adjacent to an activating group) is 2. The quantitative estimate of drug-likeness (QED) is 0.693. The zero-order chi connectivity index (χ0) is 17.3. The Kier molecular flexibility index (Phi) is 5.13. The van der Waals surface area contributed by atoms with Crippen LogP contribution in [0, 0.1) is 0 Å². The number of hydrogen-bond acceptors (Lipinski definition) is 5. The average molecular weight is 338 g/mol. The van der Waals surface area contributed by atoms with Gasteiger partial charge >= 0.3 is 0 Å². The van der Waals surface area contributed by atoms with Crippen molar-refractivity contribution in [3.63, 3.8) is 0 Å². The van der Waals surface area contributed by atoms with Gasteiger partial charge in [-0.1, -0.05) is 0 Å². The van der Waals surface area contributed by atoms with E-state index in [4.69, 9.17) is 4.74 Å². The number of rotatable bonds is 3. The molecule has 1 atom stereocenters. The van der Waals surface area contributed by atoms with E-state index in [0.717, 1.165) is 52.1 Å². The largest absolute Gasteiger partial charge is 0.381 e.